The van der Waals surface area contributed by atoms with Gasteiger partial charge in [0.05, 0.1) is 11.4 Å². The average Bonchev–Trinajstić information content (AvgIpc) is 2.90. The van der Waals surface area contributed by atoms with Gasteiger partial charge >= 0.3 is 0 Å². The summed E-state index contributed by atoms with van der Waals surface area (Å²) < 4.78 is 0. The zero-order chi connectivity index (χ0) is 23.3. The van der Waals surface area contributed by atoms with E-state index in [2.05, 4.69) is 61.8 Å². The van der Waals surface area contributed by atoms with Crippen LogP contribution in [0.4, 0.5) is 11.9 Å². The van der Waals surface area contributed by atoms with E-state index in [4.69, 9.17) is 15.0 Å². The molecule has 2 saturated heterocycles. The molecule has 0 atom stereocenters. The Bertz CT molecular complexity index is 1070. The summed E-state index contributed by atoms with van der Waals surface area (Å²) in [6.07, 6.45) is 3.78. The van der Waals surface area contributed by atoms with Gasteiger partial charge in [-0.25, -0.2) is 19.9 Å². The third kappa shape index (κ3) is 5.18. The van der Waals surface area contributed by atoms with E-state index in [1.165, 1.54) is 5.56 Å². The van der Waals surface area contributed by atoms with Gasteiger partial charge in [0, 0.05) is 76.9 Å². The van der Waals surface area contributed by atoms with Crippen LogP contribution in [-0.4, -0.2) is 88.6 Å². The number of anilines is 2. The SMILES string of the molecule is CCN1CCN(c2ncc(-c3ccnc(N4CCN(Cc5ccccc5)CC4)n3)c(C)n2)CC1. The van der Waals surface area contributed by atoms with Crippen molar-refractivity contribution in [2.75, 3.05) is 68.7 Å². The fourth-order valence-corrected chi connectivity index (χ4v) is 4.72. The number of hydrogen-bond acceptors (Lipinski definition) is 8. The molecule has 0 bridgehead atoms. The molecule has 2 aliphatic heterocycles. The minimum absolute atomic E-state index is 0.788. The van der Waals surface area contributed by atoms with Gasteiger partial charge in [0.1, 0.15) is 0 Å². The standard InChI is InChI=1S/C26H34N8/c1-3-31-11-15-34(16-12-31)26-28-19-23(21(2)29-26)24-9-10-27-25(30-24)33-17-13-32(14-18-33)20-22-7-5-4-6-8-22/h4-10,19H,3,11-18,20H2,1-2H3. The van der Waals surface area contributed by atoms with Crippen molar-refractivity contribution in [2.45, 2.75) is 20.4 Å². The van der Waals surface area contributed by atoms with E-state index in [1.54, 1.807) is 0 Å². The summed E-state index contributed by atoms with van der Waals surface area (Å²) >= 11 is 0. The summed E-state index contributed by atoms with van der Waals surface area (Å²) in [6, 6.07) is 12.6. The van der Waals surface area contributed by atoms with E-state index in [-0.39, 0.29) is 0 Å². The first-order chi connectivity index (χ1) is 16.7. The Morgan fingerprint density at radius 2 is 1.38 bits per heavy atom. The Hall–Kier alpha value is -3.10. The molecular formula is C26H34N8. The number of aryl methyl sites for hydroxylation is 1. The molecule has 8 heteroatoms. The second-order valence-corrected chi connectivity index (χ2v) is 9.08. The van der Waals surface area contributed by atoms with Crippen molar-refractivity contribution in [3.63, 3.8) is 0 Å². The molecule has 0 unspecified atom stereocenters. The molecular weight excluding hydrogens is 424 g/mol. The molecule has 34 heavy (non-hydrogen) atoms. The van der Waals surface area contributed by atoms with Crippen LogP contribution < -0.4 is 9.80 Å². The fourth-order valence-electron chi connectivity index (χ4n) is 4.72. The zero-order valence-corrected chi connectivity index (χ0v) is 20.3. The first-order valence-electron chi connectivity index (χ1n) is 12.3. The molecule has 0 spiro atoms. The molecule has 5 rings (SSSR count). The van der Waals surface area contributed by atoms with Gasteiger partial charge in [0.2, 0.25) is 11.9 Å². The van der Waals surface area contributed by atoms with E-state index >= 15 is 0 Å². The second kappa shape index (κ2) is 10.4. The summed E-state index contributed by atoms with van der Waals surface area (Å²) in [5.41, 5.74) is 4.18. The number of piperazine rings is 2. The average molecular weight is 459 g/mol. The summed E-state index contributed by atoms with van der Waals surface area (Å²) in [7, 11) is 0. The van der Waals surface area contributed by atoms with E-state index in [1.807, 2.05) is 25.4 Å². The van der Waals surface area contributed by atoms with Crippen molar-refractivity contribution >= 4 is 11.9 Å². The quantitative estimate of drug-likeness (QED) is 0.559. The molecule has 0 radical (unpaired) electrons. The molecule has 178 valence electrons. The zero-order valence-electron chi connectivity index (χ0n) is 20.3. The van der Waals surface area contributed by atoms with E-state index < -0.39 is 0 Å². The molecule has 2 aromatic heterocycles. The lowest BCUT2D eigenvalue weighted by atomic mass is 10.1. The Labute approximate surface area is 202 Å². The van der Waals surface area contributed by atoms with Crippen molar-refractivity contribution in [1.82, 2.24) is 29.7 Å². The normalized spacial score (nSPS) is 17.8. The van der Waals surface area contributed by atoms with Crippen molar-refractivity contribution < 1.29 is 0 Å². The molecule has 2 fully saturated rings. The molecule has 0 amide bonds. The second-order valence-electron chi connectivity index (χ2n) is 9.08. The van der Waals surface area contributed by atoms with Crippen LogP contribution in [0.5, 0.6) is 0 Å². The number of likely N-dealkylation sites (N-methyl/N-ethyl adjacent to an activating group) is 1. The van der Waals surface area contributed by atoms with E-state index in [0.29, 0.717) is 0 Å². The predicted octanol–water partition coefficient (Wildman–Crippen LogP) is 2.71. The maximum Gasteiger partial charge on any atom is 0.225 e. The Kier molecular flexibility index (Phi) is 6.97. The lowest BCUT2D eigenvalue weighted by Crippen LogP contribution is -2.46. The van der Waals surface area contributed by atoms with Crippen molar-refractivity contribution in [3.05, 3.63) is 60.0 Å². The van der Waals surface area contributed by atoms with Gasteiger partial charge in [-0.2, -0.15) is 0 Å². The summed E-state index contributed by atoms with van der Waals surface area (Å²) in [5, 5.41) is 0. The van der Waals surface area contributed by atoms with Gasteiger partial charge in [0.25, 0.3) is 0 Å². The Balaban J connectivity index is 1.24. The molecule has 0 saturated carbocycles. The van der Waals surface area contributed by atoms with Crippen molar-refractivity contribution in [2.24, 2.45) is 0 Å². The first-order valence-corrected chi connectivity index (χ1v) is 12.3. The van der Waals surface area contributed by atoms with Crippen LogP contribution in [0.15, 0.2) is 48.8 Å². The third-order valence-corrected chi connectivity index (χ3v) is 6.89. The van der Waals surface area contributed by atoms with Gasteiger partial charge < -0.3 is 14.7 Å². The maximum atomic E-state index is 4.90. The van der Waals surface area contributed by atoms with Crippen molar-refractivity contribution in [1.29, 1.82) is 0 Å². The van der Waals surface area contributed by atoms with E-state index in [9.17, 15) is 0 Å². The summed E-state index contributed by atoms with van der Waals surface area (Å²) in [6.45, 7) is 14.3. The highest BCUT2D eigenvalue weighted by Gasteiger charge is 2.21. The number of rotatable bonds is 6. The van der Waals surface area contributed by atoms with Crippen LogP contribution in [0.1, 0.15) is 18.2 Å². The van der Waals surface area contributed by atoms with Crippen molar-refractivity contribution in [3.8, 4) is 11.3 Å². The van der Waals surface area contributed by atoms with Crippen LogP contribution in [-0.2, 0) is 6.54 Å². The largest absolute Gasteiger partial charge is 0.338 e. The Morgan fingerprint density at radius 3 is 2.03 bits per heavy atom. The smallest absolute Gasteiger partial charge is 0.225 e. The molecule has 1 aromatic carbocycles. The molecule has 0 N–H and O–H groups in total. The van der Waals surface area contributed by atoms with E-state index in [0.717, 1.165) is 94.3 Å². The van der Waals surface area contributed by atoms with Crippen LogP contribution in [0.25, 0.3) is 11.3 Å². The fraction of sp³-hybridized carbons (Fsp3) is 0.462. The number of hydrogen-bond donors (Lipinski definition) is 0. The molecule has 3 aromatic rings. The molecule has 2 aliphatic rings. The molecule has 4 heterocycles. The number of nitrogens with zero attached hydrogens (tertiary/aromatic N) is 8. The molecule has 0 aliphatic carbocycles. The first kappa shape index (κ1) is 22.7. The Morgan fingerprint density at radius 1 is 0.735 bits per heavy atom. The predicted molar refractivity (Wildman–Crippen MR) is 136 cm³/mol. The van der Waals surface area contributed by atoms with Crippen LogP contribution >= 0.6 is 0 Å². The highest BCUT2D eigenvalue weighted by atomic mass is 15.3. The van der Waals surface area contributed by atoms with Crippen LogP contribution in [0.2, 0.25) is 0 Å². The summed E-state index contributed by atoms with van der Waals surface area (Å²) in [4.78, 5) is 28.5. The van der Waals surface area contributed by atoms with Gasteiger partial charge in [-0.3, -0.25) is 4.90 Å². The minimum atomic E-state index is 0.788. The number of aromatic nitrogens is 4. The summed E-state index contributed by atoms with van der Waals surface area (Å²) in [5.74, 6) is 1.61. The van der Waals surface area contributed by atoms with Crippen LogP contribution in [0, 0.1) is 6.92 Å². The van der Waals surface area contributed by atoms with Gasteiger partial charge in [-0.1, -0.05) is 37.3 Å². The van der Waals surface area contributed by atoms with Crippen LogP contribution in [0.3, 0.4) is 0 Å². The monoisotopic (exact) mass is 458 g/mol. The lowest BCUT2D eigenvalue weighted by molar-refractivity contribution is 0.248. The minimum Gasteiger partial charge on any atom is -0.338 e. The molecule has 8 nitrogen and oxygen atoms in total. The van der Waals surface area contributed by atoms with Gasteiger partial charge in [-0.05, 0) is 25.1 Å². The highest BCUT2D eigenvalue weighted by molar-refractivity contribution is 5.62. The van der Waals surface area contributed by atoms with Gasteiger partial charge in [-0.15, -0.1) is 0 Å². The highest BCUT2D eigenvalue weighted by Crippen LogP contribution is 2.24. The third-order valence-electron chi connectivity index (χ3n) is 6.89. The topological polar surface area (TPSA) is 64.5 Å². The number of benzene rings is 1. The lowest BCUT2D eigenvalue weighted by Gasteiger charge is -2.35. The maximum absolute atomic E-state index is 4.90. The van der Waals surface area contributed by atoms with Gasteiger partial charge in [0.15, 0.2) is 0 Å².